The van der Waals surface area contributed by atoms with E-state index in [-0.39, 0.29) is 11.8 Å². The zero-order chi connectivity index (χ0) is 39.1. The number of ether oxygens (including phenoxy) is 2. The fraction of sp³-hybridized carbons (Fsp3) is 0.625. The molecule has 2 saturated heterocycles. The number of nitrogens with zero attached hydrogens (tertiary/aromatic N) is 4. The second kappa shape index (κ2) is 17.3. The minimum absolute atomic E-state index is 0.0259. The smallest absolute Gasteiger partial charge is 0.421 e. The van der Waals surface area contributed by atoms with Crippen LogP contribution in [0.1, 0.15) is 37.8 Å². The number of likely N-dealkylation sites (tertiary alicyclic amines) is 2. The Labute approximate surface area is 293 Å². The van der Waals surface area contributed by atoms with Crippen LogP contribution in [0.15, 0.2) is 36.7 Å². The fourth-order valence-electron chi connectivity index (χ4n) is 5.58. The maximum absolute atomic E-state index is 14.0. The van der Waals surface area contributed by atoms with Crippen molar-refractivity contribution in [1.29, 1.82) is 0 Å². The Hall–Kier alpha value is -3.94. The van der Waals surface area contributed by atoms with Crippen molar-refractivity contribution in [3.63, 3.8) is 0 Å². The zero-order valence-electron chi connectivity index (χ0n) is 28.6. The van der Waals surface area contributed by atoms with Gasteiger partial charge in [0.05, 0.1) is 0 Å². The van der Waals surface area contributed by atoms with Crippen LogP contribution in [0.5, 0.6) is 11.8 Å². The van der Waals surface area contributed by atoms with E-state index in [2.05, 4.69) is 30.1 Å². The van der Waals surface area contributed by atoms with Gasteiger partial charge < -0.3 is 29.9 Å². The molecule has 20 heteroatoms. The van der Waals surface area contributed by atoms with E-state index in [4.69, 9.17) is 0 Å². The van der Waals surface area contributed by atoms with Gasteiger partial charge in [0.2, 0.25) is 11.8 Å². The summed E-state index contributed by atoms with van der Waals surface area (Å²) in [5, 5.41) is 4.54. The van der Waals surface area contributed by atoms with Crippen molar-refractivity contribution in [3.8, 4) is 11.8 Å². The summed E-state index contributed by atoms with van der Waals surface area (Å²) < 4.78 is 142. The molecule has 2 aromatic rings. The van der Waals surface area contributed by atoms with E-state index in [9.17, 15) is 53.5 Å². The summed E-state index contributed by atoms with van der Waals surface area (Å²) in [6, 6.07) is 2.52. The Morgan fingerprint density at radius 2 is 1.04 bits per heavy atom. The molecule has 2 fully saturated rings. The number of piperidine rings is 2. The van der Waals surface area contributed by atoms with Crippen LogP contribution in [-0.4, -0.2) is 109 Å². The molecule has 0 radical (unpaired) electrons. The largest absolute Gasteiger partial charge is 0.470 e. The summed E-state index contributed by atoms with van der Waals surface area (Å²) >= 11 is 0. The highest BCUT2D eigenvalue weighted by atomic mass is 19.4. The number of hydrogen-bond donors (Lipinski definition) is 2. The molecule has 2 amide bonds. The van der Waals surface area contributed by atoms with Crippen molar-refractivity contribution in [3.05, 3.63) is 47.8 Å². The topological polar surface area (TPSA) is 109 Å². The Morgan fingerprint density at radius 3 is 1.35 bits per heavy atom. The maximum atomic E-state index is 14.0. The van der Waals surface area contributed by atoms with Gasteiger partial charge in [-0.2, -0.15) is 43.9 Å². The molecule has 4 atom stereocenters. The molecule has 2 aliphatic heterocycles. The van der Waals surface area contributed by atoms with Crippen LogP contribution >= 0.6 is 0 Å². The van der Waals surface area contributed by atoms with Crippen molar-refractivity contribution >= 4 is 11.8 Å². The number of hydrogen-bond acceptors (Lipinski definition) is 8. The van der Waals surface area contributed by atoms with Gasteiger partial charge in [-0.15, -0.1) is 0 Å². The predicted molar refractivity (Wildman–Crippen MR) is 166 cm³/mol. The lowest BCUT2D eigenvalue weighted by Gasteiger charge is -2.35. The van der Waals surface area contributed by atoms with E-state index in [1.807, 2.05) is 37.7 Å². The molecule has 4 rings (SSSR count). The minimum atomic E-state index is -4.80. The number of halogens is 10. The lowest BCUT2D eigenvalue weighted by atomic mass is 9.94. The molecule has 2 aliphatic rings. The molecule has 0 spiro atoms. The number of amides is 2. The van der Waals surface area contributed by atoms with Crippen LogP contribution in [0.25, 0.3) is 0 Å². The third-order valence-corrected chi connectivity index (χ3v) is 8.45. The first-order valence-electron chi connectivity index (χ1n) is 16.1. The molecule has 0 aliphatic carbocycles. The number of carbonyl (C=O) groups excluding carboxylic acids is 2. The number of rotatable bonds is 10. The van der Waals surface area contributed by atoms with Gasteiger partial charge in [0.1, 0.15) is 11.1 Å². The van der Waals surface area contributed by atoms with Crippen molar-refractivity contribution in [2.24, 2.45) is 11.8 Å². The van der Waals surface area contributed by atoms with Gasteiger partial charge in [-0.1, -0.05) is 13.8 Å². The summed E-state index contributed by atoms with van der Waals surface area (Å²) in [5.74, 6) is -13.1. The van der Waals surface area contributed by atoms with Crippen LogP contribution in [0.3, 0.4) is 0 Å². The Balaban J connectivity index is 0.000000280. The van der Waals surface area contributed by atoms with E-state index in [1.165, 1.54) is 0 Å². The molecule has 2 N–H and O–H groups in total. The molecular weight excluding hydrogens is 722 g/mol. The number of aromatic nitrogens is 2. The van der Waals surface area contributed by atoms with Crippen molar-refractivity contribution in [2.75, 3.05) is 53.5 Å². The van der Waals surface area contributed by atoms with Gasteiger partial charge in [-0.25, -0.2) is 9.97 Å². The van der Waals surface area contributed by atoms with Gasteiger partial charge in [-0.3, -0.25) is 9.59 Å². The van der Waals surface area contributed by atoms with E-state index in [0.29, 0.717) is 51.2 Å². The van der Waals surface area contributed by atoms with Crippen LogP contribution in [-0.2, 0) is 21.9 Å². The van der Waals surface area contributed by atoms with Gasteiger partial charge in [0.25, 0.3) is 11.8 Å². The number of nitrogens with one attached hydrogen (secondary N) is 2. The monoisotopic (exact) mass is 762 g/mol. The fourth-order valence-corrected chi connectivity index (χ4v) is 5.58. The van der Waals surface area contributed by atoms with Crippen LogP contribution in [0.2, 0.25) is 0 Å². The molecular formula is C32H40F10N6O4. The average molecular weight is 763 g/mol. The summed E-state index contributed by atoms with van der Waals surface area (Å²) in [6.07, 6.45) is -6.60. The number of alkyl halides is 10. The van der Waals surface area contributed by atoms with Crippen molar-refractivity contribution in [1.82, 2.24) is 30.4 Å². The lowest BCUT2D eigenvalue weighted by Crippen LogP contribution is -2.54. The first-order chi connectivity index (χ1) is 24.0. The first kappa shape index (κ1) is 42.5. The highest BCUT2D eigenvalue weighted by Gasteiger charge is 2.45. The third-order valence-electron chi connectivity index (χ3n) is 8.45. The third kappa shape index (κ3) is 12.1. The second-order valence-corrected chi connectivity index (χ2v) is 12.9. The van der Waals surface area contributed by atoms with Gasteiger partial charge in [0, 0.05) is 37.6 Å². The quantitative estimate of drug-likeness (QED) is 0.321. The minimum Gasteiger partial charge on any atom is -0.470 e. The highest BCUT2D eigenvalue weighted by Crippen LogP contribution is 2.36. The molecule has 0 aromatic carbocycles. The standard InChI is InChI=1S/2C16H20F5N3O2/c2*1-10-8-24(2)7-5-12(10)23-14(25)15(17,18)9-26-13-11(16(19,20)21)4-3-6-22-13/h2*3-4,6,10,12H,5,7-9H2,1-2H3,(H,23,25)/t2*10-,12-/m10/s1. The summed E-state index contributed by atoms with van der Waals surface area (Å²) in [6.45, 7) is 3.21. The highest BCUT2D eigenvalue weighted by molar-refractivity contribution is 5.84. The van der Waals surface area contributed by atoms with E-state index in [0.717, 1.165) is 24.5 Å². The van der Waals surface area contributed by atoms with Crippen LogP contribution < -0.4 is 20.1 Å². The van der Waals surface area contributed by atoms with Crippen LogP contribution in [0.4, 0.5) is 43.9 Å². The molecule has 10 nitrogen and oxygen atoms in total. The van der Waals surface area contributed by atoms with Crippen LogP contribution in [0, 0.1) is 11.8 Å². The summed E-state index contributed by atoms with van der Waals surface area (Å²) in [4.78, 5) is 34.4. The molecule has 4 heterocycles. The summed E-state index contributed by atoms with van der Waals surface area (Å²) in [5.41, 5.74) is -2.56. The van der Waals surface area contributed by atoms with Crippen molar-refractivity contribution < 1.29 is 63.0 Å². The van der Waals surface area contributed by atoms with Gasteiger partial charge >= 0.3 is 24.2 Å². The van der Waals surface area contributed by atoms with Gasteiger partial charge in [0.15, 0.2) is 13.2 Å². The Bertz CT molecular complexity index is 1390. The SMILES string of the molecule is C[C@@H]1CN(C)CC[C@H]1NC(=O)C(F)(F)COc1ncccc1C(F)(F)F.C[C@H]1CN(C)CC[C@@H]1NC(=O)C(F)(F)COc1ncccc1C(F)(F)F. The second-order valence-electron chi connectivity index (χ2n) is 12.9. The number of pyridine rings is 2. The Kier molecular flexibility index (Phi) is 14.1. The molecule has 0 unspecified atom stereocenters. The molecule has 292 valence electrons. The normalized spacial score (nSPS) is 22.1. The zero-order valence-corrected chi connectivity index (χ0v) is 28.6. The Morgan fingerprint density at radius 1 is 0.692 bits per heavy atom. The summed E-state index contributed by atoms with van der Waals surface area (Å²) in [7, 11) is 3.78. The van der Waals surface area contributed by atoms with Gasteiger partial charge in [-0.05, 0) is 76.1 Å². The molecule has 52 heavy (non-hydrogen) atoms. The number of carbonyl (C=O) groups is 2. The molecule has 2 aromatic heterocycles. The first-order valence-corrected chi connectivity index (χ1v) is 16.1. The van der Waals surface area contributed by atoms with E-state index < -0.39 is 84.2 Å². The van der Waals surface area contributed by atoms with Crippen molar-refractivity contribution in [2.45, 2.75) is 63.0 Å². The predicted octanol–water partition coefficient (Wildman–Crippen LogP) is 5.14. The van der Waals surface area contributed by atoms with E-state index >= 15 is 0 Å². The average Bonchev–Trinajstić information content (AvgIpc) is 3.05. The maximum Gasteiger partial charge on any atom is 0.421 e. The van der Waals surface area contributed by atoms with E-state index in [1.54, 1.807) is 0 Å². The lowest BCUT2D eigenvalue weighted by molar-refractivity contribution is -0.153. The molecule has 0 saturated carbocycles. The molecule has 0 bridgehead atoms.